The van der Waals surface area contributed by atoms with Crippen molar-refractivity contribution in [3.05, 3.63) is 52.8 Å². The number of hydrogen-bond acceptors (Lipinski definition) is 2. The van der Waals surface area contributed by atoms with Gasteiger partial charge in [0, 0.05) is 10.6 Å². The van der Waals surface area contributed by atoms with Crippen LogP contribution in [0.15, 0.2) is 36.4 Å². The van der Waals surface area contributed by atoms with Gasteiger partial charge in [0.25, 0.3) is 0 Å². The molecule has 2 N–H and O–H groups in total. The number of carboxylic acids is 1. The van der Waals surface area contributed by atoms with Crippen LogP contribution in [0.1, 0.15) is 10.4 Å². The van der Waals surface area contributed by atoms with Crippen LogP contribution in [0, 0.1) is 5.82 Å². The van der Waals surface area contributed by atoms with Crippen LogP contribution in [0.3, 0.4) is 0 Å². The zero-order valence-corrected chi connectivity index (χ0v) is 9.78. The van der Waals surface area contributed by atoms with Crippen LogP contribution < -0.4 is 0 Å². The van der Waals surface area contributed by atoms with Crippen molar-refractivity contribution in [1.82, 2.24) is 0 Å². The molecule has 0 aliphatic carbocycles. The van der Waals surface area contributed by atoms with Crippen LogP contribution in [0.5, 0.6) is 5.75 Å². The lowest BCUT2D eigenvalue weighted by molar-refractivity contribution is 0.0697. The maximum Gasteiger partial charge on any atom is 0.335 e. The minimum absolute atomic E-state index is 0.0362. The molecule has 0 spiro atoms. The smallest absolute Gasteiger partial charge is 0.335 e. The lowest BCUT2D eigenvalue weighted by Gasteiger charge is -2.06. The van der Waals surface area contributed by atoms with Crippen molar-refractivity contribution in [3.63, 3.8) is 0 Å². The summed E-state index contributed by atoms with van der Waals surface area (Å²) >= 11 is 5.76. The van der Waals surface area contributed by atoms with E-state index in [4.69, 9.17) is 16.7 Å². The van der Waals surface area contributed by atoms with Gasteiger partial charge in [0.05, 0.1) is 5.56 Å². The van der Waals surface area contributed by atoms with Gasteiger partial charge in [-0.15, -0.1) is 0 Å². The van der Waals surface area contributed by atoms with E-state index >= 15 is 0 Å². The van der Waals surface area contributed by atoms with Crippen LogP contribution in [-0.4, -0.2) is 16.2 Å². The Balaban J connectivity index is 2.62. The maximum absolute atomic E-state index is 13.7. The summed E-state index contributed by atoms with van der Waals surface area (Å²) in [6.45, 7) is 0. The third kappa shape index (κ3) is 2.43. The van der Waals surface area contributed by atoms with E-state index in [9.17, 15) is 14.3 Å². The summed E-state index contributed by atoms with van der Waals surface area (Å²) in [6.07, 6.45) is 0. The molecule has 2 rings (SSSR count). The Morgan fingerprint density at radius 1 is 1.17 bits per heavy atom. The van der Waals surface area contributed by atoms with Gasteiger partial charge < -0.3 is 10.2 Å². The molecule has 0 heterocycles. The molecular formula is C13H8ClFO3. The van der Waals surface area contributed by atoms with Gasteiger partial charge in [-0.05, 0) is 42.0 Å². The number of aromatic hydroxyl groups is 1. The van der Waals surface area contributed by atoms with Crippen LogP contribution in [0.25, 0.3) is 11.1 Å². The Kier molecular flexibility index (Phi) is 3.21. The molecule has 5 heteroatoms. The Morgan fingerprint density at radius 2 is 1.89 bits per heavy atom. The molecular weight excluding hydrogens is 259 g/mol. The quantitative estimate of drug-likeness (QED) is 0.874. The zero-order chi connectivity index (χ0) is 13.3. The van der Waals surface area contributed by atoms with E-state index in [1.54, 1.807) is 0 Å². The number of aromatic carboxylic acids is 1. The molecule has 18 heavy (non-hydrogen) atoms. The monoisotopic (exact) mass is 266 g/mol. The number of hydrogen-bond donors (Lipinski definition) is 2. The molecule has 3 nitrogen and oxygen atoms in total. The van der Waals surface area contributed by atoms with Gasteiger partial charge in [0.15, 0.2) is 0 Å². The standard InChI is InChI=1S/C13H8ClFO3/c14-9-3-8(4-10(16)6-9)11-5-7(13(17)18)1-2-12(11)15/h1-6,16H,(H,17,18). The highest BCUT2D eigenvalue weighted by atomic mass is 35.5. The molecule has 0 amide bonds. The Morgan fingerprint density at radius 3 is 2.50 bits per heavy atom. The molecule has 2 aromatic carbocycles. The summed E-state index contributed by atoms with van der Waals surface area (Å²) in [4.78, 5) is 10.8. The minimum Gasteiger partial charge on any atom is -0.508 e. The largest absolute Gasteiger partial charge is 0.508 e. The van der Waals surface area contributed by atoms with Gasteiger partial charge in [0.2, 0.25) is 0 Å². The van der Waals surface area contributed by atoms with Crippen LogP contribution in [0.2, 0.25) is 5.02 Å². The molecule has 0 unspecified atom stereocenters. The fourth-order valence-electron chi connectivity index (χ4n) is 1.61. The zero-order valence-electron chi connectivity index (χ0n) is 9.02. The number of carbonyl (C=O) groups is 1. The van der Waals surface area contributed by atoms with Gasteiger partial charge in [0.1, 0.15) is 11.6 Å². The van der Waals surface area contributed by atoms with Gasteiger partial charge in [-0.3, -0.25) is 0 Å². The van der Waals surface area contributed by atoms with Gasteiger partial charge in [-0.2, -0.15) is 0 Å². The summed E-state index contributed by atoms with van der Waals surface area (Å²) in [6, 6.07) is 7.51. The molecule has 0 saturated carbocycles. The molecule has 0 atom stereocenters. The fraction of sp³-hybridized carbons (Fsp3) is 0. The molecule has 0 aliphatic rings. The van der Waals surface area contributed by atoms with Crippen LogP contribution >= 0.6 is 11.6 Å². The number of halogens is 2. The lowest BCUT2D eigenvalue weighted by Crippen LogP contribution is -1.97. The van der Waals surface area contributed by atoms with Crippen LogP contribution in [-0.2, 0) is 0 Å². The number of phenolic OH excluding ortho intramolecular Hbond substituents is 1. The SMILES string of the molecule is O=C(O)c1ccc(F)c(-c2cc(O)cc(Cl)c2)c1. The van der Waals surface area contributed by atoms with E-state index in [-0.39, 0.29) is 21.9 Å². The number of rotatable bonds is 2. The van der Waals surface area contributed by atoms with Crippen molar-refractivity contribution in [2.45, 2.75) is 0 Å². The normalized spacial score (nSPS) is 10.3. The molecule has 0 aromatic heterocycles. The predicted octanol–water partition coefficient (Wildman–Crippen LogP) is 3.55. The highest BCUT2D eigenvalue weighted by Gasteiger charge is 2.11. The fourth-order valence-corrected chi connectivity index (χ4v) is 1.84. The Bertz CT molecular complexity index is 605. The topological polar surface area (TPSA) is 57.5 Å². The second-order valence-electron chi connectivity index (χ2n) is 3.70. The first-order valence-corrected chi connectivity index (χ1v) is 5.38. The van der Waals surface area contributed by atoms with E-state index in [1.807, 2.05) is 0 Å². The summed E-state index contributed by atoms with van der Waals surface area (Å²) < 4.78 is 13.7. The minimum atomic E-state index is -1.15. The van der Waals surface area contributed by atoms with E-state index < -0.39 is 11.8 Å². The van der Waals surface area contributed by atoms with Crippen molar-refractivity contribution >= 4 is 17.6 Å². The first-order chi connectivity index (χ1) is 8.47. The van der Waals surface area contributed by atoms with Gasteiger partial charge >= 0.3 is 5.97 Å². The Hall–Kier alpha value is -2.07. The summed E-state index contributed by atoms with van der Waals surface area (Å²) in [5, 5.41) is 18.5. The van der Waals surface area contributed by atoms with Gasteiger partial charge in [-0.25, -0.2) is 9.18 Å². The van der Waals surface area contributed by atoms with Crippen molar-refractivity contribution < 1.29 is 19.4 Å². The molecule has 0 aliphatic heterocycles. The van der Waals surface area contributed by atoms with Gasteiger partial charge in [-0.1, -0.05) is 11.6 Å². The second kappa shape index (κ2) is 4.66. The Labute approximate surface area is 107 Å². The second-order valence-corrected chi connectivity index (χ2v) is 4.13. The number of benzene rings is 2. The summed E-state index contributed by atoms with van der Waals surface area (Å²) in [7, 11) is 0. The molecule has 0 bridgehead atoms. The first-order valence-electron chi connectivity index (χ1n) is 5.00. The van der Waals surface area contributed by atoms with E-state index in [0.717, 1.165) is 6.07 Å². The molecule has 0 radical (unpaired) electrons. The molecule has 0 fully saturated rings. The molecule has 2 aromatic rings. The third-order valence-electron chi connectivity index (χ3n) is 2.41. The average Bonchev–Trinajstić information content (AvgIpc) is 2.27. The third-order valence-corrected chi connectivity index (χ3v) is 2.63. The number of carboxylic acid groups (broad SMARTS) is 1. The highest BCUT2D eigenvalue weighted by molar-refractivity contribution is 6.31. The lowest BCUT2D eigenvalue weighted by atomic mass is 10.0. The summed E-state index contributed by atoms with van der Waals surface area (Å²) in [5.41, 5.74) is 0.360. The van der Waals surface area contributed by atoms with Crippen molar-refractivity contribution in [1.29, 1.82) is 0 Å². The van der Waals surface area contributed by atoms with E-state index in [1.165, 1.54) is 30.3 Å². The predicted molar refractivity (Wildman–Crippen MR) is 65.5 cm³/mol. The van der Waals surface area contributed by atoms with Crippen molar-refractivity contribution in [2.24, 2.45) is 0 Å². The average molecular weight is 267 g/mol. The summed E-state index contributed by atoms with van der Waals surface area (Å²) in [5.74, 6) is -1.85. The number of phenols is 1. The maximum atomic E-state index is 13.7. The van der Waals surface area contributed by atoms with Crippen molar-refractivity contribution in [2.75, 3.05) is 0 Å². The van der Waals surface area contributed by atoms with E-state index in [0.29, 0.717) is 5.56 Å². The molecule has 92 valence electrons. The molecule has 0 saturated heterocycles. The van der Waals surface area contributed by atoms with E-state index in [2.05, 4.69) is 0 Å². The van der Waals surface area contributed by atoms with Crippen LogP contribution in [0.4, 0.5) is 4.39 Å². The first kappa shape index (κ1) is 12.4. The van der Waals surface area contributed by atoms with Crippen molar-refractivity contribution in [3.8, 4) is 16.9 Å². The highest BCUT2D eigenvalue weighted by Crippen LogP contribution is 2.30.